The monoisotopic (exact) mass is 393 g/mol. The number of nitrogens with two attached hydrogens (primary N) is 1. The highest BCUT2D eigenvalue weighted by Crippen LogP contribution is 2.05. The molecule has 2 aromatic rings. The summed E-state index contributed by atoms with van der Waals surface area (Å²) in [6.45, 7) is 2.42. The van der Waals surface area contributed by atoms with Gasteiger partial charge in [-0.25, -0.2) is 4.39 Å². The van der Waals surface area contributed by atoms with Crippen LogP contribution in [-0.2, 0) is 22.6 Å². The number of hydrogen-bond acceptors (Lipinski definition) is 3. The Morgan fingerprint density at radius 3 is 2.30 bits per heavy atom. The van der Waals surface area contributed by atoms with E-state index in [0.29, 0.717) is 13.0 Å². The summed E-state index contributed by atoms with van der Waals surface area (Å²) in [6, 6.07) is 14.7. The molecule has 0 heterocycles. The summed E-state index contributed by atoms with van der Waals surface area (Å²) >= 11 is 0. The summed E-state index contributed by atoms with van der Waals surface area (Å²) < 4.78 is 12.9. The number of amides is 2. The number of benzene rings is 2. The number of nitrogens with one attached hydrogen (secondary N) is 1. The van der Waals surface area contributed by atoms with Gasteiger partial charge in [-0.05, 0) is 36.6 Å². The van der Waals surface area contributed by atoms with Gasteiger partial charge in [-0.15, -0.1) is 12.4 Å². The van der Waals surface area contributed by atoms with E-state index in [2.05, 4.69) is 5.32 Å². The molecule has 0 bridgehead atoms. The molecule has 1 atom stereocenters. The van der Waals surface area contributed by atoms with Crippen molar-refractivity contribution < 1.29 is 14.0 Å². The molecule has 0 aliphatic carbocycles. The van der Waals surface area contributed by atoms with Gasteiger partial charge >= 0.3 is 0 Å². The van der Waals surface area contributed by atoms with Crippen LogP contribution >= 0.6 is 12.4 Å². The normalized spacial score (nSPS) is 11.2. The molecule has 0 aliphatic heterocycles. The average Bonchev–Trinajstić information content (AvgIpc) is 2.66. The zero-order chi connectivity index (χ0) is 18.9. The Hall–Kier alpha value is -2.44. The van der Waals surface area contributed by atoms with E-state index in [-0.39, 0.29) is 43.1 Å². The van der Waals surface area contributed by atoms with E-state index in [4.69, 9.17) is 5.73 Å². The van der Waals surface area contributed by atoms with E-state index in [1.807, 2.05) is 30.3 Å². The third-order valence-corrected chi connectivity index (χ3v) is 4.05. The van der Waals surface area contributed by atoms with E-state index >= 15 is 0 Å². The summed E-state index contributed by atoms with van der Waals surface area (Å²) in [4.78, 5) is 26.1. The van der Waals surface area contributed by atoms with Crippen molar-refractivity contribution in [3.05, 3.63) is 71.5 Å². The molecule has 0 radical (unpaired) electrons. The van der Waals surface area contributed by atoms with Gasteiger partial charge in [0.15, 0.2) is 0 Å². The lowest BCUT2D eigenvalue weighted by Crippen LogP contribution is -2.48. The first-order chi connectivity index (χ1) is 12.5. The minimum absolute atomic E-state index is 0. The first-order valence-corrected chi connectivity index (χ1v) is 8.59. The van der Waals surface area contributed by atoms with Crippen LogP contribution in [0.25, 0.3) is 0 Å². The average molecular weight is 394 g/mol. The number of carbonyl (C=O) groups is 2. The maximum Gasteiger partial charge on any atom is 0.240 e. The number of likely N-dealkylation sites (N-methyl/N-ethyl adjacent to an activating group) is 1. The predicted octanol–water partition coefficient (Wildman–Crippen LogP) is 2.28. The van der Waals surface area contributed by atoms with Crippen molar-refractivity contribution in [3.63, 3.8) is 0 Å². The first-order valence-electron chi connectivity index (χ1n) is 8.59. The lowest BCUT2D eigenvalue weighted by Gasteiger charge is -2.24. The molecule has 2 rings (SSSR count). The first kappa shape index (κ1) is 22.6. The fraction of sp³-hybridized carbons (Fsp3) is 0.300. The van der Waals surface area contributed by atoms with E-state index in [9.17, 15) is 14.0 Å². The number of nitrogens with zero attached hydrogens (tertiary/aromatic N) is 1. The lowest BCUT2D eigenvalue weighted by atomic mass is 10.1. The second-order valence-electron chi connectivity index (χ2n) is 6.05. The Labute approximate surface area is 165 Å². The van der Waals surface area contributed by atoms with Crippen molar-refractivity contribution >= 4 is 24.2 Å². The van der Waals surface area contributed by atoms with Gasteiger partial charge in [-0.1, -0.05) is 42.5 Å². The number of hydrogen-bond donors (Lipinski definition) is 2. The summed E-state index contributed by atoms with van der Waals surface area (Å²) in [5, 5.41) is 2.73. The highest BCUT2D eigenvalue weighted by Gasteiger charge is 2.22. The summed E-state index contributed by atoms with van der Waals surface area (Å²) in [5.74, 6) is -0.861. The van der Waals surface area contributed by atoms with Crippen LogP contribution in [0, 0.1) is 5.82 Å². The smallest absolute Gasteiger partial charge is 0.240 e. The molecule has 1 unspecified atom stereocenters. The minimum atomic E-state index is -0.692. The Morgan fingerprint density at radius 2 is 1.70 bits per heavy atom. The van der Waals surface area contributed by atoms with Crippen LogP contribution < -0.4 is 11.1 Å². The van der Waals surface area contributed by atoms with Gasteiger partial charge in [0.2, 0.25) is 11.8 Å². The summed E-state index contributed by atoms with van der Waals surface area (Å²) in [6.07, 6.45) is 0.424. The topological polar surface area (TPSA) is 75.4 Å². The van der Waals surface area contributed by atoms with Gasteiger partial charge in [-0.3, -0.25) is 9.59 Å². The highest BCUT2D eigenvalue weighted by atomic mass is 35.5. The van der Waals surface area contributed by atoms with Crippen molar-refractivity contribution in [1.82, 2.24) is 10.2 Å². The van der Waals surface area contributed by atoms with Crippen molar-refractivity contribution in [2.24, 2.45) is 5.73 Å². The molecule has 7 heteroatoms. The van der Waals surface area contributed by atoms with Crippen LogP contribution in [-0.4, -0.2) is 35.8 Å². The van der Waals surface area contributed by atoms with E-state index in [0.717, 1.165) is 11.1 Å². The van der Waals surface area contributed by atoms with E-state index in [1.165, 1.54) is 17.0 Å². The molecule has 0 spiro atoms. The van der Waals surface area contributed by atoms with Crippen LogP contribution in [0.5, 0.6) is 0 Å². The third kappa shape index (κ3) is 7.37. The molecule has 0 aliphatic rings. The molecule has 0 aromatic heterocycles. The molecule has 0 saturated heterocycles. The third-order valence-electron chi connectivity index (χ3n) is 4.05. The molecule has 2 amide bonds. The Morgan fingerprint density at radius 1 is 1.07 bits per heavy atom. The minimum Gasteiger partial charge on any atom is -0.350 e. The fourth-order valence-corrected chi connectivity index (χ4v) is 2.57. The standard InChI is InChI=1S/C20H24FN3O2.ClH/c1-2-24(20(26)18(22)12-15-6-4-3-5-7-15)14-19(25)23-13-16-8-10-17(21)11-9-16;/h3-11,18H,2,12-14,22H2,1H3,(H,23,25);1H. The van der Waals surface area contributed by atoms with Crippen molar-refractivity contribution in [2.75, 3.05) is 13.1 Å². The number of carbonyl (C=O) groups excluding carboxylic acids is 2. The zero-order valence-corrected chi connectivity index (χ0v) is 16.0. The molecule has 0 saturated carbocycles. The van der Waals surface area contributed by atoms with Crippen molar-refractivity contribution in [3.8, 4) is 0 Å². The molecule has 0 fully saturated rings. The van der Waals surface area contributed by atoms with Crippen LogP contribution in [0.3, 0.4) is 0 Å². The van der Waals surface area contributed by atoms with E-state index in [1.54, 1.807) is 19.1 Å². The van der Waals surface area contributed by atoms with Crippen LogP contribution in [0.2, 0.25) is 0 Å². The van der Waals surface area contributed by atoms with Gasteiger partial charge in [-0.2, -0.15) is 0 Å². The molecule has 5 nitrogen and oxygen atoms in total. The molecule has 146 valence electrons. The highest BCUT2D eigenvalue weighted by molar-refractivity contribution is 5.87. The molecule has 3 N–H and O–H groups in total. The van der Waals surface area contributed by atoms with Crippen molar-refractivity contribution in [1.29, 1.82) is 0 Å². The predicted molar refractivity (Wildman–Crippen MR) is 106 cm³/mol. The Balaban J connectivity index is 0.00000364. The number of halogens is 2. The van der Waals surface area contributed by atoms with Crippen molar-refractivity contribution in [2.45, 2.75) is 25.9 Å². The number of rotatable bonds is 8. The summed E-state index contributed by atoms with van der Waals surface area (Å²) in [5.41, 5.74) is 7.79. The largest absolute Gasteiger partial charge is 0.350 e. The second kappa shape index (κ2) is 11.3. The van der Waals surface area contributed by atoms with Crippen LogP contribution in [0.4, 0.5) is 4.39 Å². The lowest BCUT2D eigenvalue weighted by molar-refractivity contribution is -0.136. The maximum absolute atomic E-state index is 12.9. The zero-order valence-electron chi connectivity index (χ0n) is 15.2. The maximum atomic E-state index is 12.9. The van der Waals surface area contributed by atoms with Crippen LogP contribution in [0.1, 0.15) is 18.1 Å². The molecular formula is C20H25ClFN3O2. The second-order valence-corrected chi connectivity index (χ2v) is 6.05. The molecular weight excluding hydrogens is 369 g/mol. The summed E-state index contributed by atoms with van der Waals surface area (Å²) in [7, 11) is 0. The fourth-order valence-electron chi connectivity index (χ4n) is 2.57. The van der Waals surface area contributed by atoms with Gasteiger partial charge in [0.1, 0.15) is 5.82 Å². The van der Waals surface area contributed by atoms with Gasteiger partial charge < -0.3 is 16.0 Å². The van der Waals surface area contributed by atoms with Gasteiger partial charge in [0, 0.05) is 13.1 Å². The van der Waals surface area contributed by atoms with Gasteiger partial charge in [0.05, 0.1) is 12.6 Å². The quantitative estimate of drug-likeness (QED) is 0.722. The van der Waals surface area contributed by atoms with E-state index < -0.39 is 6.04 Å². The molecule has 27 heavy (non-hydrogen) atoms. The van der Waals surface area contributed by atoms with Gasteiger partial charge in [0.25, 0.3) is 0 Å². The van der Waals surface area contributed by atoms with Crippen LogP contribution in [0.15, 0.2) is 54.6 Å². The Bertz CT molecular complexity index is 726. The SMILES string of the molecule is CCN(CC(=O)NCc1ccc(F)cc1)C(=O)C(N)Cc1ccccc1.Cl. The Kier molecular flexibility index (Phi) is 9.47. The molecule has 2 aromatic carbocycles.